The van der Waals surface area contributed by atoms with Crippen molar-refractivity contribution < 1.29 is 9.53 Å². The maximum atomic E-state index is 11.8. The summed E-state index contributed by atoms with van der Waals surface area (Å²) in [4.78, 5) is 16.0. The zero-order valence-corrected chi connectivity index (χ0v) is 12.4. The molecule has 0 unspecified atom stereocenters. The number of aromatic nitrogens is 1. The second kappa shape index (κ2) is 7.43. The van der Waals surface area contributed by atoms with Gasteiger partial charge in [0.1, 0.15) is 11.6 Å². The molecule has 0 atom stereocenters. The van der Waals surface area contributed by atoms with E-state index in [0.29, 0.717) is 18.8 Å². The molecule has 110 valence electrons. The van der Waals surface area contributed by atoms with E-state index >= 15 is 0 Å². The van der Waals surface area contributed by atoms with Gasteiger partial charge in [0.15, 0.2) is 0 Å². The van der Waals surface area contributed by atoms with Gasteiger partial charge < -0.3 is 10.1 Å². The van der Waals surface area contributed by atoms with Crippen LogP contribution < -0.4 is 10.1 Å². The SMILES string of the molecule is CCc1ccc(OCCC(=O)Nc2ncccc2C)cc1. The third kappa shape index (κ3) is 4.60. The average molecular weight is 284 g/mol. The Kier molecular flexibility index (Phi) is 5.32. The number of benzene rings is 1. The first-order valence-corrected chi connectivity index (χ1v) is 7.12. The van der Waals surface area contributed by atoms with Gasteiger partial charge in [0.2, 0.25) is 5.91 Å². The van der Waals surface area contributed by atoms with Gasteiger partial charge in [-0.1, -0.05) is 25.1 Å². The molecule has 0 saturated carbocycles. The molecule has 4 nitrogen and oxygen atoms in total. The van der Waals surface area contributed by atoms with E-state index in [1.54, 1.807) is 6.20 Å². The van der Waals surface area contributed by atoms with Gasteiger partial charge in [0, 0.05) is 6.20 Å². The molecule has 0 bridgehead atoms. The fraction of sp³-hybridized carbons (Fsp3) is 0.294. The van der Waals surface area contributed by atoms with Gasteiger partial charge in [-0.05, 0) is 42.7 Å². The largest absolute Gasteiger partial charge is 0.493 e. The lowest BCUT2D eigenvalue weighted by Gasteiger charge is -2.08. The molecule has 1 aromatic carbocycles. The Morgan fingerprint density at radius 3 is 2.67 bits per heavy atom. The Hall–Kier alpha value is -2.36. The number of carbonyl (C=O) groups excluding carboxylic acids is 1. The van der Waals surface area contributed by atoms with Crippen LogP contribution in [0.4, 0.5) is 5.82 Å². The number of ether oxygens (including phenoxy) is 1. The van der Waals surface area contributed by atoms with Crippen LogP contribution in [0.15, 0.2) is 42.6 Å². The van der Waals surface area contributed by atoms with Crippen molar-refractivity contribution in [3.63, 3.8) is 0 Å². The number of anilines is 1. The number of aryl methyl sites for hydroxylation is 2. The summed E-state index contributed by atoms with van der Waals surface area (Å²) in [5.74, 6) is 1.30. The number of carbonyl (C=O) groups is 1. The Morgan fingerprint density at radius 2 is 2.00 bits per heavy atom. The van der Waals surface area contributed by atoms with Crippen LogP contribution in [0, 0.1) is 6.92 Å². The maximum Gasteiger partial charge on any atom is 0.228 e. The molecule has 1 heterocycles. The van der Waals surface area contributed by atoms with Crippen molar-refractivity contribution in [3.8, 4) is 5.75 Å². The molecule has 21 heavy (non-hydrogen) atoms. The maximum absolute atomic E-state index is 11.8. The van der Waals surface area contributed by atoms with Crippen molar-refractivity contribution in [2.24, 2.45) is 0 Å². The minimum atomic E-state index is -0.0954. The van der Waals surface area contributed by atoms with Gasteiger partial charge in [-0.2, -0.15) is 0 Å². The van der Waals surface area contributed by atoms with Gasteiger partial charge in [0.05, 0.1) is 13.0 Å². The monoisotopic (exact) mass is 284 g/mol. The summed E-state index contributed by atoms with van der Waals surface area (Å²) in [6.45, 7) is 4.37. The molecule has 0 radical (unpaired) electrons. The molecule has 0 aliphatic rings. The standard InChI is InChI=1S/C17H20N2O2/c1-3-14-6-8-15(9-7-14)21-12-10-16(20)19-17-13(2)5-4-11-18-17/h4-9,11H,3,10,12H2,1-2H3,(H,18,19,20). The molecule has 0 aliphatic heterocycles. The van der Waals surface area contributed by atoms with E-state index in [-0.39, 0.29) is 5.91 Å². The van der Waals surface area contributed by atoms with E-state index in [1.165, 1.54) is 5.56 Å². The van der Waals surface area contributed by atoms with Crippen molar-refractivity contribution >= 4 is 11.7 Å². The number of pyridine rings is 1. The Morgan fingerprint density at radius 1 is 1.24 bits per heavy atom. The summed E-state index contributed by atoms with van der Waals surface area (Å²) in [6.07, 6.45) is 2.96. The lowest BCUT2D eigenvalue weighted by atomic mass is 10.2. The van der Waals surface area contributed by atoms with Crippen LogP contribution in [-0.4, -0.2) is 17.5 Å². The molecule has 1 amide bonds. The van der Waals surface area contributed by atoms with Gasteiger partial charge in [0.25, 0.3) is 0 Å². The summed E-state index contributed by atoms with van der Waals surface area (Å²) >= 11 is 0. The van der Waals surface area contributed by atoms with E-state index in [0.717, 1.165) is 17.7 Å². The molecule has 2 aromatic rings. The predicted octanol–water partition coefficient (Wildman–Crippen LogP) is 3.36. The summed E-state index contributed by atoms with van der Waals surface area (Å²) in [6, 6.07) is 11.7. The highest BCUT2D eigenvalue weighted by Gasteiger charge is 2.05. The lowest BCUT2D eigenvalue weighted by molar-refractivity contribution is -0.116. The van der Waals surface area contributed by atoms with Gasteiger partial charge >= 0.3 is 0 Å². The van der Waals surface area contributed by atoms with Crippen molar-refractivity contribution in [1.29, 1.82) is 0 Å². The first-order valence-electron chi connectivity index (χ1n) is 7.12. The Labute approximate surface area is 125 Å². The van der Waals surface area contributed by atoms with Crippen LogP contribution in [0.3, 0.4) is 0 Å². The van der Waals surface area contributed by atoms with E-state index in [4.69, 9.17) is 4.74 Å². The minimum Gasteiger partial charge on any atom is -0.493 e. The van der Waals surface area contributed by atoms with E-state index in [2.05, 4.69) is 17.2 Å². The first-order chi connectivity index (χ1) is 10.2. The fourth-order valence-corrected chi connectivity index (χ4v) is 1.89. The summed E-state index contributed by atoms with van der Waals surface area (Å²) in [5, 5.41) is 2.78. The molecular formula is C17H20N2O2. The van der Waals surface area contributed by atoms with E-state index in [1.807, 2.05) is 43.3 Å². The highest BCUT2D eigenvalue weighted by molar-refractivity contribution is 5.90. The first kappa shape index (κ1) is 15.0. The van der Waals surface area contributed by atoms with Crippen LogP contribution in [0.1, 0.15) is 24.5 Å². The number of nitrogens with zero attached hydrogens (tertiary/aromatic N) is 1. The van der Waals surface area contributed by atoms with E-state index in [9.17, 15) is 4.79 Å². The third-order valence-corrected chi connectivity index (χ3v) is 3.20. The van der Waals surface area contributed by atoms with Gasteiger partial charge in [-0.3, -0.25) is 4.79 Å². The van der Waals surface area contributed by atoms with Crippen LogP contribution >= 0.6 is 0 Å². The van der Waals surface area contributed by atoms with Crippen LogP contribution in [0.2, 0.25) is 0 Å². The smallest absolute Gasteiger partial charge is 0.228 e. The molecule has 4 heteroatoms. The molecule has 0 aliphatic carbocycles. The normalized spacial score (nSPS) is 10.2. The molecule has 0 fully saturated rings. The molecule has 0 saturated heterocycles. The second-order valence-electron chi connectivity index (χ2n) is 4.81. The van der Waals surface area contributed by atoms with Crippen LogP contribution in [-0.2, 0) is 11.2 Å². The van der Waals surface area contributed by atoms with Crippen molar-refractivity contribution in [1.82, 2.24) is 4.98 Å². The minimum absolute atomic E-state index is 0.0954. The molecular weight excluding hydrogens is 264 g/mol. The van der Waals surface area contributed by atoms with Crippen molar-refractivity contribution in [3.05, 3.63) is 53.7 Å². The molecule has 2 rings (SSSR count). The highest BCUT2D eigenvalue weighted by atomic mass is 16.5. The number of rotatable bonds is 6. The van der Waals surface area contributed by atoms with Crippen molar-refractivity contribution in [2.45, 2.75) is 26.7 Å². The summed E-state index contributed by atoms with van der Waals surface area (Å²) in [7, 11) is 0. The molecule has 1 N–H and O–H groups in total. The number of hydrogen-bond donors (Lipinski definition) is 1. The Bertz CT molecular complexity index is 594. The molecule has 1 aromatic heterocycles. The van der Waals surface area contributed by atoms with Gasteiger partial charge in [-0.25, -0.2) is 4.98 Å². The quantitative estimate of drug-likeness (QED) is 0.885. The third-order valence-electron chi connectivity index (χ3n) is 3.20. The summed E-state index contributed by atoms with van der Waals surface area (Å²) in [5.41, 5.74) is 2.22. The second-order valence-corrected chi connectivity index (χ2v) is 4.81. The van der Waals surface area contributed by atoms with Crippen molar-refractivity contribution in [2.75, 3.05) is 11.9 Å². The van der Waals surface area contributed by atoms with Crippen LogP contribution in [0.5, 0.6) is 5.75 Å². The number of amides is 1. The number of nitrogens with one attached hydrogen (secondary N) is 1. The molecule has 0 spiro atoms. The fourth-order valence-electron chi connectivity index (χ4n) is 1.89. The lowest BCUT2D eigenvalue weighted by Crippen LogP contribution is -2.16. The number of hydrogen-bond acceptors (Lipinski definition) is 3. The zero-order chi connectivity index (χ0) is 15.1. The van der Waals surface area contributed by atoms with E-state index < -0.39 is 0 Å². The summed E-state index contributed by atoms with van der Waals surface area (Å²) < 4.78 is 5.56. The topological polar surface area (TPSA) is 51.2 Å². The average Bonchev–Trinajstić information content (AvgIpc) is 2.50. The highest BCUT2D eigenvalue weighted by Crippen LogP contribution is 2.13. The van der Waals surface area contributed by atoms with Crippen LogP contribution in [0.25, 0.3) is 0 Å². The Balaban J connectivity index is 1.77. The van der Waals surface area contributed by atoms with Gasteiger partial charge in [-0.15, -0.1) is 0 Å². The zero-order valence-electron chi connectivity index (χ0n) is 12.4. The predicted molar refractivity (Wildman–Crippen MR) is 83.5 cm³/mol.